The van der Waals surface area contributed by atoms with Crippen molar-refractivity contribution in [3.8, 4) is 0 Å². The number of piperidine rings is 1. The van der Waals surface area contributed by atoms with Crippen LogP contribution in [0, 0.1) is 12.8 Å². The largest absolute Gasteiger partial charge is 0.481 e. The van der Waals surface area contributed by atoms with Crippen molar-refractivity contribution >= 4 is 38.7 Å². The van der Waals surface area contributed by atoms with Gasteiger partial charge in [0.2, 0.25) is 0 Å². The zero-order chi connectivity index (χ0) is 17.4. The minimum absolute atomic E-state index is 0.165. The van der Waals surface area contributed by atoms with E-state index in [2.05, 4.69) is 54.3 Å². The summed E-state index contributed by atoms with van der Waals surface area (Å²) in [5.41, 5.74) is 0. The lowest BCUT2D eigenvalue weighted by atomic mass is 9.96. The zero-order valence-corrected chi connectivity index (χ0v) is 15.8. The number of nitrogens with zero attached hydrogens (tertiary/aromatic N) is 1. The number of carbonyl (C=O) groups is 1. The normalized spacial score (nSPS) is 20.0. The van der Waals surface area contributed by atoms with E-state index in [0.29, 0.717) is 6.54 Å². The molecule has 1 N–H and O–H groups in total. The summed E-state index contributed by atoms with van der Waals surface area (Å²) in [4.78, 5) is 17.8. The molecule has 1 aliphatic heterocycles. The van der Waals surface area contributed by atoms with Gasteiger partial charge in [-0.25, -0.2) is 0 Å². The molecule has 2 atom stereocenters. The van der Waals surface area contributed by atoms with Crippen LogP contribution in [0.25, 0.3) is 10.1 Å². The van der Waals surface area contributed by atoms with E-state index in [9.17, 15) is 9.90 Å². The molecule has 3 aromatic rings. The molecule has 2 unspecified atom stereocenters. The monoisotopic (exact) mass is 371 g/mol. The van der Waals surface area contributed by atoms with Gasteiger partial charge < -0.3 is 5.11 Å². The highest BCUT2D eigenvalue weighted by molar-refractivity contribution is 7.19. The van der Waals surface area contributed by atoms with Crippen molar-refractivity contribution < 1.29 is 9.90 Å². The van der Waals surface area contributed by atoms with Crippen LogP contribution in [0.2, 0.25) is 0 Å². The van der Waals surface area contributed by atoms with Gasteiger partial charge in [-0.2, -0.15) is 0 Å². The van der Waals surface area contributed by atoms with E-state index in [4.69, 9.17) is 0 Å². The molecule has 0 radical (unpaired) electrons. The molecule has 4 rings (SSSR count). The van der Waals surface area contributed by atoms with Gasteiger partial charge in [0.25, 0.3) is 0 Å². The van der Waals surface area contributed by atoms with Crippen LogP contribution in [0.5, 0.6) is 0 Å². The van der Waals surface area contributed by atoms with Crippen LogP contribution in [0.15, 0.2) is 42.5 Å². The molecule has 0 spiro atoms. The lowest BCUT2D eigenvalue weighted by Gasteiger charge is -2.36. The van der Waals surface area contributed by atoms with Crippen LogP contribution in [-0.4, -0.2) is 29.1 Å². The number of carboxylic acid groups (broad SMARTS) is 1. The number of rotatable bonds is 4. The summed E-state index contributed by atoms with van der Waals surface area (Å²) >= 11 is 3.65. The molecule has 5 heteroatoms. The average Bonchev–Trinajstić information content (AvgIpc) is 3.21. The Morgan fingerprint density at radius 3 is 2.76 bits per heavy atom. The molecular formula is C20H21NO2S2. The van der Waals surface area contributed by atoms with Crippen molar-refractivity contribution in [3.05, 3.63) is 57.1 Å². The van der Waals surface area contributed by atoms with Crippen molar-refractivity contribution in [2.45, 2.75) is 25.8 Å². The second-order valence-electron chi connectivity index (χ2n) is 6.71. The summed E-state index contributed by atoms with van der Waals surface area (Å²) in [5, 5.41) is 10.7. The van der Waals surface area contributed by atoms with E-state index in [-0.39, 0.29) is 12.0 Å². The number of aliphatic carboxylic acids is 1. The summed E-state index contributed by atoms with van der Waals surface area (Å²) in [6.45, 7) is 3.72. The Labute approximate surface area is 155 Å². The van der Waals surface area contributed by atoms with Crippen LogP contribution in [0.3, 0.4) is 0 Å². The van der Waals surface area contributed by atoms with Crippen LogP contribution in [0.4, 0.5) is 0 Å². The first kappa shape index (κ1) is 16.8. The average molecular weight is 372 g/mol. The van der Waals surface area contributed by atoms with Crippen molar-refractivity contribution in [2.24, 2.45) is 5.92 Å². The van der Waals surface area contributed by atoms with Gasteiger partial charge >= 0.3 is 5.97 Å². The fourth-order valence-electron chi connectivity index (χ4n) is 3.68. The Morgan fingerprint density at radius 2 is 2.04 bits per heavy atom. The summed E-state index contributed by atoms with van der Waals surface area (Å²) in [7, 11) is 0. The highest BCUT2D eigenvalue weighted by atomic mass is 32.1. The topological polar surface area (TPSA) is 40.5 Å². The number of thiophene rings is 2. The van der Waals surface area contributed by atoms with E-state index < -0.39 is 5.97 Å². The van der Waals surface area contributed by atoms with Crippen molar-refractivity contribution in [1.82, 2.24) is 4.90 Å². The van der Waals surface area contributed by atoms with Crippen molar-refractivity contribution in [2.75, 3.05) is 13.1 Å². The Morgan fingerprint density at radius 1 is 1.20 bits per heavy atom. The summed E-state index contributed by atoms with van der Waals surface area (Å²) in [6, 6.07) is 15.3. The quantitative estimate of drug-likeness (QED) is 0.689. The highest BCUT2D eigenvalue weighted by Gasteiger charge is 2.32. The summed E-state index contributed by atoms with van der Waals surface area (Å²) in [5.74, 6) is -0.922. The number of benzene rings is 1. The van der Waals surface area contributed by atoms with Crippen LogP contribution in [-0.2, 0) is 4.79 Å². The smallest absolute Gasteiger partial charge is 0.307 e. The number of hydrogen-bond acceptors (Lipinski definition) is 4. The molecule has 1 fully saturated rings. The Bertz CT molecular complexity index is 865. The van der Waals surface area contributed by atoms with Gasteiger partial charge in [0, 0.05) is 25.9 Å². The van der Waals surface area contributed by atoms with Crippen molar-refractivity contribution in [1.29, 1.82) is 0 Å². The highest BCUT2D eigenvalue weighted by Crippen LogP contribution is 2.40. The maximum atomic E-state index is 11.5. The van der Waals surface area contributed by atoms with Crippen molar-refractivity contribution in [3.63, 3.8) is 0 Å². The molecule has 1 aliphatic rings. The molecule has 3 heterocycles. The van der Waals surface area contributed by atoms with Crippen LogP contribution < -0.4 is 0 Å². The zero-order valence-electron chi connectivity index (χ0n) is 14.1. The first-order valence-electron chi connectivity index (χ1n) is 8.63. The van der Waals surface area contributed by atoms with Crippen LogP contribution >= 0.6 is 22.7 Å². The van der Waals surface area contributed by atoms with E-state index in [0.717, 1.165) is 19.4 Å². The van der Waals surface area contributed by atoms with Gasteiger partial charge in [-0.15, -0.1) is 22.7 Å². The maximum absolute atomic E-state index is 11.5. The molecule has 0 amide bonds. The van der Waals surface area contributed by atoms with Gasteiger partial charge in [0.15, 0.2) is 0 Å². The fourth-order valence-corrected chi connectivity index (χ4v) is 6.01. The van der Waals surface area contributed by atoms with Gasteiger partial charge in [-0.3, -0.25) is 9.69 Å². The maximum Gasteiger partial charge on any atom is 0.307 e. The molecule has 2 aromatic heterocycles. The van der Waals surface area contributed by atoms with E-state index in [1.807, 2.05) is 22.7 Å². The molecule has 130 valence electrons. The number of likely N-dealkylation sites (tertiary alicyclic amines) is 1. The molecule has 3 nitrogen and oxygen atoms in total. The number of hydrogen-bond donors (Lipinski definition) is 1. The Kier molecular flexibility index (Phi) is 4.63. The Hall–Kier alpha value is -1.69. The standard InChI is InChI=1S/C20H21NO2S2/c1-13-8-9-17(24-13)19(21-10-4-6-15(12-21)20(22)23)18-11-14-5-2-3-7-16(14)25-18/h2-3,5,7-9,11,15,19H,4,6,10,12H2,1H3,(H,22,23). The lowest BCUT2D eigenvalue weighted by molar-refractivity contribution is -0.143. The predicted octanol–water partition coefficient (Wildman–Crippen LogP) is 5.16. The van der Waals surface area contributed by atoms with Gasteiger partial charge in [0.05, 0.1) is 12.0 Å². The SMILES string of the molecule is Cc1ccc(C(c2cc3ccccc3s2)N2CCCC(C(=O)O)C2)s1. The third-order valence-corrected chi connectivity index (χ3v) is 7.13. The number of fused-ring (bicyclic) bond motifs is 1. The minimum Gasteiger partial charge on any atom is -0.481 e. The molecular weight excluding hydrogens is 350 g/mol. The first-order chi connectivity index (χ1) is 12.1. The van der Waals surface area contributed by atoms with Gasteiger partial charge in [-0.1, -0.05) is 18.2 Å². The fraction of sp³-hybridized carbons (Fsp3) is 0.350. The summed E-state index contributed by atoms with van der Waals surface area (Å²) < 4.78 is 1.29. The number of carboxylic acids is 1. The van der Waals surface area contributed by atoms with Gasteiger partial charge in [-0.05, 0) is 56.0 Å². The molecule has 0 bridgehead atoms. The number of aryl methyl sites for hydroxylation is 1. The molecule has 1 aromatic carbocycles. The van der Waals surface area contributed by atoms with E-state index in [1.165, 1.54) is 24.7 Å². The van der Waals surface area contributed by atoms with Gasteiger partial charge in [0.1, 0.15) is 0 Å². The third kappa shape index (κ3) is 3.36. The molecule has 25 heavy (non-hydrogen) atoms. The molecule has 0 saturated carbocycles. The lowest BCUT2D eigenvalue weighted by Crippen LogP contribution is -2.40. The second-order valence-corrected chi connectivity index (χ2v) is 9.14. The molecule has 1 saturated heterocycles. The Balaban J connectivity index is 1.75. The summed E-state index contributed by atoms with van der Waals surface area (Å²) in [6.07, 6.45) is 1.73. The first-order valence-corrected chi connectivity index (χ1v) is 10.3. The van der Waals surface area contributed by atoms with Crippen LogP contribution in [0.1, 0.15) is 33.5 Å². The van der Waals surface area contributed by atoms with E-state index in [1.54, 1.807) is 0 Å². The predicted molar refractivity (Wildman–Crippen MR) is 105 cm³/mol. The molecule has 0 aliphatic carbocycles. The van der Waals surface area contributed by atoms with E-state index >= 15 is 0 Å². The minimum atomic E-state index is -0.665. The second kappa shape index (κ2) is 6.90. The third-order valence-electron chi connectivity index (χ3n) is 4.91.